The number of hydrogen-bond donors (Lipinski definition) is 0. The van der Waals surface area contributed by atoms with E-state index in [0.717, 1.165) is 22.6 Å². The summed E-state index contributed by atoms with van der Waals surface area (Å²) < 4.78 is 19.7. The van der Waals surface area contributed by atoms with Crippen LogP contribution in [-0.2, 0) is 0 Å². The van der Waals surface area contributed by atoms with Gasteiger partial charge in [-0.1, -0.05) is 54.6 Å². The second-order valence-corrected chi connectivity index (χ2v) is 6.20. The molecule has 130 valence electrons. The average molecular weight is 346 g/mol. The van der Waals surface area contributed by atoms with Crippen LogP contribution in [0.4, 0.5) is 10.1 Å². The van der Waals surface area contributed by atoms with E-state index in [2.05, 4.69) is 0 Å². The topological polar surface area (TPSA) is 24.8 Å². The molecule has 0 radical (unpaired) electrons. The molecule has 1 aliphatic heterocycles. The molecule has 3 aromatic carbocycles. The van der Waals surface area contributed by atoms with Crippen LogP contribution >= 0.6 is 0 Å². The molecule has 0 aromatic heterocycles. The van der Waals surface area contributed by atoms with Gasteiger partial charge in [-0.25, -0.2) is 4.39 Å². The summed E-state index contributed by atoms with van der Waals surface area (Å²) in [5, 5.41) is 6.56. The van der Waals surface area contributed by atoms with Crippen LogP contribution in [0, 0.1) is 5.82 Å². The van der Waals surface area contributed by atoms with Crippen molar-refractivity contribution in [2.24, 2.45) is 5.10 Å². The summed E-state index contributed by atoms with van der Waals surface area (Å²) in [6, 6.07) is 24.6. The summed E-state index contributed by atoms with van der Waals surface area (Å²) in [5.74, 6) is 0.525. The second kappa shape index (κ2) is 7.00. The molecule has 0 amide bonds. The molecule has 3 nitrogen and oxygen atoms in total. The van der Waals surface area contributed by atoms with E-state index in [4.69, 9.17) is 9.84 Å². The smallest absolute Gasteiger partial charge is 0.148 e. The summed E-state index contributed by atoms with van der Waals surface area (Å²) in [7, 11) is 1.65. The SMILES string of the molecule is COc1ccc(C2CC(c3ccccc3)=NN2c2ccccc2F)cc1. The van der Waals surface area contributed by atoms with E-state index in [-0.39, 0.29) is 11.9 Å². The predicted molar refractivity (Wildman–Crippen MR) is 102 cm³/mol. The highest BCUT2D eigenvalue weighted by atomic mass is 19.1. The first-order chi connectivity index (χ1) is 12.8. The number of anilines is 1. The molecule has 0 spiro atoms. The van der Waals surface area contributed by atoms with Crippen molar-refractivity contribution in [1.82, 2.24) is 0 Å². The second-order valence-electron chi connectivity index (χ2n) is 6.20. The number of nitrogens with zero attached hydrogens (tertiary/aromatic N) is 2. The van der Waals surface area contributed by atoms with E-state index < -0.39 is 0 Å². The highest BCUT2D eigenvalue weighted by molar-refractivity contribution is 6.03. The molecule has 1 atom stereocenters. The molecule has 0 bridgehead atoms. The van der Waals surface area contributed by atoms with E-state index >= 15 is 0 Å². The largest absolute Gasteiger partial charge is 0.497 e. The van der Waals surface area contributed by atoms with Crippen LogP contribution in [0.5, 0.6) is 5.75 Å². The fraction of sp³-hybridized carbons (Fsp3) is 0.136. The predicted octanol–water partition coefficient (Wildman–Crippen LogP) is 5.19. The van der Waals surface area contributed by atoms with Crippen molar-refractivity contribution >= 4 is 11.4 Å². The maximum atomic E-state index is 14.4. The summed E-state index contributed by atoms with van der Waals surface area (Å²) in [5.41, 5.74) is 3.57. The van der Waals surface area contributed by atoms with Crippen LogP contribution in [0.1, 0.15) is 23.6 Å². The molecular formula is C22H19FN2O. The van der Waals surface area contributed by atoms with E-state index in [1.54, 1.807) is 24.3 Å². The van der Waals surface area contributed by atoms with Gasteiger partial charge in [-0.15, -0.1) is 0 Å². The van der Waals surface area contributed by atoms with E-state index in [1.807, 2.05) is 60.7 Å². The van der Waals surface area contributed by atoms with Gasteiger partial charge in [0.15, 0.2) is 0 Å². The lowest BCUT2D eigenvalue weighted by molar-refractivity contribution is 0.414. The van der Waals surface area contributed by atoms with Gasteiger partial charge in [-0.2, -0.15) is 5.10 Å². The zero-order chi connectivity index (χ0) is 17.9. The number of hydrazone groups is 1. The number of halogens is 1. The van der Waals surface area contributed by atoms with Gasteiger partial charge in [0.1, 0.15) is 11.6 Å². The number of benzene rings is 3. The first-order valence-corrected chi connectivity index (χ1v) is 8.57. The third-order valence-electron chi connectivity index (χ3n) is 4.62. The first kappa shape index (κ1) is 16.3. The van der Waals surface area contributed by atoms with Crippen molar-refractivity contribution in [1.29, 1.82) is 0 Å². The molecule has 0 aliphatic carbocycles. The molecule has 0 N–H and O–H groups in total. The Hall–Kier alpha value is -3.14. The Labute approximate surface area is 152 Å². The van der Waals surface area contributed by atoms with Crippen LogP contribution in [-0.4, -0.2) is 12.8 Å². The molecule has 1 unspecified atom stereocenters. The van der Waals surface area contributed by atoms with Crippen LogP contribution in [0.3, 0.4) is 0 Å². The molecule has 1 aliphatic rings. The normalized spacial score (nSPS) is 16.5. The van der Waals surface area contributed by atoms with Crippen molar-refractivity contribution in [2.75, 3.05) is 12.1 Å². The molecule has 0 fully saturated rings. The molecule has 4 heteroatoms. The molecule has 0 saturated heterocycles. The van der Waals surface area contributed by atoms with Crippen molar-refractivity contribution in [3.63, 3.8) is 0 Å². The van der Waals surface area contributed by atoms with Gasteiger partial charge in [0.2, 0.25) is 0 Å². The number of methoxy groups -OCH3 is 1. The highest BCUT2D eigenvalue weighted by Gasteiger charge is 2.31. The third kappa shape index (κ3) is 3.06. The average Bonchev–Trinajstić information content (AvgIpc) is 3.14. The minimum absolute atomic E-state index is 0.0620. The minimum Gasteiger partial charge on any atom is -0.497 e. The van der Waals surface area contributed by atoms with Crippen LogP contribution in [0.2, 0.25) is 0 Å². The zero-order valence-corrected chi connectivity index (χ0v) is 14.5. The van der Waals surface area contributed by atoms with Gasteiger partial charge >= 0.3 is 0 Å². The monoisotopic (exact) mass is 346 g/mol. The fourth-order valence-corrected chi connectivity index (χ4v) is 3.26. The highest BCUT2D eigenvalue weighted by Crippen LogP contribution is 2.38. The Morgan fingerprint density at radius 3 is 2.31 bits per heavy atom. The number of para-hydroxylation sites is 1. The lowest BCUT2D eigenvalue weighted by atomic mass is 9.98. The van der Waals surface area contributed by atoms with Crippen LogP contribution in [0.25, 0.3) is 0 Å². The first-order valence-electron chi connectivity index (χ1n) is 8.57. The standard InChI is InChI=1S/C22H19FN2O/c1-26-18-13-11-17(12-14-18)22-15-20(16-7-3-2-4-8-16)24-25(22)21-10-6-5-9-19(21)23/h2-14,22H,15H2,1H3. The molecule has 0 saturated carbocycles. The lowest BCUT2D eigenvalue weighted by Gasteiger charge is -2.24. The van der Waals surface area contributed by atoms with Crippen LogP contribution in [0.15, 0.2) is 84.0 Å². The number of rotatable bonds is 4. The van der Waals surface area contributed by atoms with Crippen molar-refractivity contribution < 1.29 is 9.13 Å². The number of hydrogen-bond acceptors (Lipinski definition) is 3. The summed E-state index contributed by atoms with van der Waals surface area (Å²) in [6.45, 7) is 0. The Morgan fingerprint density at radius 1 is 0.923 bits per heavy atom. The maximum absolute atomic E-state index is 14.4. The van der Waals surface area contributed by atoms with E-state index in [0.29, 0.717) is 12.1 Å². The van der Waals surface area contributed by atoms with Gasteiger partial charge in [0.05, 0.1) is 24.6 Å². The van der Waals surface area contributed by atoms with Crippen LogP contribution < -0.4 is 9.75 Å². The number of ether oxygens (including phenoxy) is 1. The van der Waals surface area contributed by atoms with Gasteiger partial charge < -0.3 is 4.74 Å². The zero-order valence-electron chi connectivity index (χ0n) is 14.5. The Bertz CT molecular complexity index is 922. The van der Waals surface area contributed by atoms with Crippen molar-refractivity contribution in [3.8, 4) is 5.75 Å². The third-order valence-corrected chi connectivity index (χ3v) is 4.62. The van der Waals surface area contributed by atoms with Crippen molar-refractivity contribution in [2.45, 2.75) is 12.5 Å². The lowest BCUT2D eigenvalue weighted by Crippen LogP contribution is -2.19. The Kier molecular flexibility index (Phi) is 4.40. The van der Waals surface area contributed by atoms with Gasteiger partial charge in [-0.3, -0.25) is 5.01 Å². The minimum atomic E-state index is -0.274. The summed E-state index contributed by atoms with van der Waals surface area (Å²) >= 11 is 0. The maximum Gasteiger partial charge on any atom is 0.148 e. The molecule has 26 heavy (non-hydrogen) atoms. The van der Waals surface area contributed by atoms with E-state index in [9.17, 15) is 4.39 Å². The van der Waals surface area contributed by atoms with Gasteiger partial charge in [0.25, 0.3) is 0 Å². The van der Waals surface area contributed by atoms with Gasteiger partial charge in [0, 0.05) is 6.42 Å². The molecule has 3 aromatic rings. The molecule has 4 rings (SSSR count). The van der Waals surface area contributed by atoms with Crippen molar-refractivity contribution in [3.05, 3.63) is 95.8 Å². The van der Waals surface area contributed by atoms with E-state index in [1.165, 1.54) is 6.07 Å². The molecular weight excluding hydrogens is 327 g/mol. The Morgan fingerprint density at radius 2 is 1.62 bits per heavy atom. The van der Waals surface area contributed by atoms with Gasteiger partial charge in [-0.05, 0) is 35.4 Å². The molecule has 1 heterocycles. The fourth-order valence-electron chi connectivity index (χ4n) is 3.26. The Balaban J connectivity index is 1.75. The quantitative estimate of drug-likeness (QED) is 0.649. The summed E-state index contributed by atoms with van der Waals surface area (Å²) in [6.07, 6.45) is 0.713. The summed E-state index contributed by atoms with van der Waals surface area (Å²) in [4.78, 5) is 0.